The van der Waals surface area contributed by atoms with Crippen LogP contribution < -0.4 is 5.32 Å². The van der Waals surface area contributed by atoms with Crippen LogP contribution in [0.2, 0.25) is 0 Å². The summed E-state index contributed by atoms with van der Waals surface area (Å²) in [5, 5.41) is 12.5. The molecule has 7 nitrogen and oxygen atoms in total. The Kier molecular flexibility index (Phi) is 6.29. The number of likely N-dealkylation sites (tertiary alicyclic amines) is 1. The van der Waals surface area contributed by atoms with Crippen LogP contribution in [0.3, 0.4) is 0 Å². The molecule has 174 valence electrons. The van der Waals surface area contributed by atoms with Crippen LogP contribution in [0.15, 0.2) is 18.2 Å². The summed E-state index contributed by atoms with van der Waals surface area (Å²) in [7, 11) is 0. The maximum atomic E-state index is 13.8. The van der Waals surface area contributed by atoms with E-state index in [0.29, 0.717) is 6.42 Å². The van der Waals surface area contributed by atoms with Gasteiger partial charge in [-0.2, -0.15) is 0 Å². The van der Waals surface area contributed by atoms with Crippen molar-refractivity contribution in [1.29, 1.82) is 0 Å². The summed E-state index contributed by atoms with van der Waals surface area (Å²) in [6.45, 7) is 8.24. The number of anilines is 1. The van der Waals surface area contributed by atoms with Gasteiger partial charge in [-0.15, -0.1) is 11.8 Å². The minimum absolute atomic E-state index is 0.0194. The van der Waals surface area contributed by atoms with E-state index >= 15 is 0 Å². The topological polar surface area (TPSA) is 95.9 Å². The van der Waals surface area contributed by atoms with Gasteiger partial charge in [0.2, 0.25) is 11.8 Å². The fraction of sp³-hybridized carbons (Fsp3) is 0.625. The number of carbonyl (C=O) groups excluding carboxylic acids is 3. The Balaban J connectivity index is 1.73. The highest BCUT2D eigenvalue weighted by atomic mass is 32.2. The van der Waals surface area contributed by atoms with E-state index in [1.807, 2.05) is 32.0 Å². The first kappa shape index (κ1) is 23.1. The Hall–Kier alpha value is -2.06. The maximum absolute atomic E-state index is 13.8. The normalized spacial score (nSPS) is 32.8. The lowest BCUT2D eigenvalue weighted by molar-refractivity contribution is -0.154. The van der Waals surface area contributed by atoms with Crippen molar-refractivity contribution >= 4 is 35.2 Å². The number of carbonyl (C=O) groups is 3. The average Bonchev–Trinajstić information content (AvgIpc) is 3.33. The number of esters is 1. The second kappa shape index (κ2) is 8.71. The Bertz CT molecular complexity index is 937. The van der Waals surface area contributed by atoms with Gasteiger partial charge in [0.1, 0.15) is 6.04 Å². The van der Waals surface area contributed by atoms with Gasteiger partial charge in [0.25, 0.3) is 0 Å². The monoisotopic (exact) mass is 460 g/mol. The first-order valence-electron chi connectivity index (χ1n) is 11.4. The van der Waals surface area contributed by atoms with Gasteiger partial charge < -0.3 is 20.1 Å². The SMILES string of the molecule is CCOC(=O)[C@@H]1[C@@H]2CC(C)C3(S2)C(C(=O)Nc2cc(C)ccc2C)N(CCCO)C(=O)[C@H]13. The van der Waals surface area contributed by atoms with Crippen molar-refractivity contribution in [1.82, 2.24) is 4.90 Å². The van der Waals surface area contributed by atoms with Crippen LogP contribution >= 0.6 is 11.8 Å². The van der Waals surface area contributed by atoms with E-state index in [9.17, 15) is 19.5 Å². The molecular formula is C24H32N2O5S. The quantitative estimate of drug-likeness (QED) is 0.607. The average molecular weight is 461 g/mol. The number of rotatable bonds is 7. The molecule has 3 aliphatic heterocycles. The minimum atomic E-state index is -0.698. The van der Waals surface area contributed by atoms with Crippen LogP contribution in [0, 0.1) is 31.6 Å². The molecule has 32 heavy (non-hydrogen) atoms. The molecule has 0 saturated carbocycles. The number of hydrogen-bond donors (Lipinski definition) is 2. The number of nitrogens with zero attached hydrogens (tertiary/aromatic N) is 1. The fourth-order valence-corrected chi connectivity index (χ4v) is 8.29. The van der Waals surface area contributed by atoms with Crippen molar-refractivity contribution in [2.24, 2.45) is 17.8 Å². The Morgan fingerprint density at radius 1 is 1.34 bits per heavy atom. The highest BCUT2D eigenvalue weighted by Gasteiger charge is 2.76. The fourth-order valence-electron chi connectivity index (χ4n) is 5.88. The third-order valence-electron chi connectivity index (χ3n) is 7.26. The molecule has 0 aliphatic carbocycles. The van der Waals surface area contributed by atoms with Crippen molar-refractivity contribution in [2.75, 3.05) is 25.1 Å². The number of nitrogens with one attached hydrogen (secondary N) is 1. The number of aliphatic hydroxyl groups is 1. The largest absolute Gasteiger partial charge is 0.466 e. The lowest BCUT2D eigenvalue weighted by atomic mass is 9.66. The summed E-state index contributed by atoms with van der Waals surface area (Å²) in [5.74, 6) is -1.73. The molecule has 2 N–H and O–H groups in total. The number of ether oxygens (including phenoxy) is 1. The number of thioether (sulfide) groups is 1. The lowest BCUT2D eigenvalue weighted by Crippen LogP contribution is -2.54. The van der Waals surface area contributed by atoms with E-state index in [0.717, 1.165) is 23.2 Å². The molecule has 6 atom stereocenters. The lowest BCUT2D eigenvalue weighted by Gasteiger charge is -2.38. The molecule has 2 bridgehead atoms. The van der Waals surface area contributed by atoms with Crippen LogP contribution in [0.4, 0.5) is 5.69 Å². The smallest absolute Gasteiger partial charge is 0.310 e. The Morgan fingerprint density at radius 3 is 2.78 bits per heavy atom. The van der Waals surface area contributed by atoms with Crippen molar-refractivity contribution in [3.8, 4) is 0 Å². The molecular weight excluding hydrogens is 428 g/mol. The van der Waals surface area contributed by atoms with E-state index in [2.05, 4.69) is 12.2 Å². The van der Waals surface area contributed by atoms with E-state index in [4.69, 9.17) is 4.74 Å². The third kappa shape index (κ3) is 3.43. The molecule has 1 spiro atoms. The van der Waals surface area contributed by atoms with E-state index < -0.39 is 22.6 Å². The molecule has 1 aromatic carbocycles. The first-order chi connectivity index (χ1) is 15.3. The number of fused-ring (bicyclic) bond motifs is 1. The van der Waals surface area contributed by atoms with Crippen LogP contribution in [-0.4, -0.2) is 63.6 Å². The van der Waals surface area contributed by atoms with Crippen LogP contribution in [-0.2, 0) is 19.1 Å². The predicted molar refractivity (Wildman–Crippen MR) is 123 cm³/mol. The molecule has 3 aliphatic rings. The number of aryl methyl sites for hydroxylation is 2. The van der Waals surface area contributed by atoms with Gasteiger partial charge in [0.15, 0.2) is 0 Å². The zero-order valence-corrected chi connectivity index (χ0v) is 19.9. The zero-order valence-electron chi connectivity index (χ0n) is 19.1. The van der Waals surface area contributed by atoms with Gasteiger partial charge in [0.05, 0.1) is 23.2 Å². The third-order valence-corrected chi connectivity index (χ3v) is 9.34. The van der Waals surface area contributed by atoms with Gasteiger partial charge in [-0.25, -0.2) is 0 Å². The molecule has 3 fully saturated rings. The van der Waals surface area contributed by atoms with Crippen LogP contribution in [0.25, 0.3) is 0 Å². The minimum Gasteiger partial charge on any atom is -0.466 e. The zero-order chi connectivity index (χ0) is 23.2. The summed E-state index contributed by atoms with van der Waals surface area (Å²) < 4.78 is 4.67. The van der Waals surface area contributed by atoms with Crippen LogP contribution in [0.5, 0.6) is 0 Å². The van der Waals surface area contributed by atoms with Crippen LogP contribution in [0.1, 0.15) is 37.8 Å². The van der Waals surface area contributed by atoms with Gasteiger partial charge in [0, 0.05) is 24.1 Å². The molecule has 1 aromatic rings. The van der Waals surface area contributed by atoms with Gasteiger partial charge in [-0.3, -0.25) is 14.4 Å². The first-order valence-corrected chi connectivity index (χ1v) is 12.3. The molecule has 0 radical (unpaired) electrons. The highest BCUT2D eigenvalue weighted by Crippen LogP contribution is 2.68. The van der Waals surface area contributed by atoms with Crippen molar-refractivity contribution in [2.45, 2.75) is 56.6 Å². The maximum Gasteiger partial charge on any atom is 0.310 e. The molecule has 4 rings (SSSR count). The van der Waals surface area contributed by atoms with Gasteiger partial charge in [-0.05, 0) is 56.7 Å². The standard InChI is InChI=1S/C24H32N2O5S/c1-5-31-23(30)18-17-12-15(4)24(32-17)19(18)22(29)26(9-6-10-27)20(24)21(28)25-16-11-13(2)7-8-14(16)3/h7-8,11,15,17-20,27H,5-6,9-10,12H2,1-4H3,(H,25,28)/t15?,17-,18+,19-,20?,24?/m0/s1. The van der Waals surface area contributed by atoms with Crippen molar-refractivity contribution < 1.29 is 24.2 Å². The molecule has 2 amide bonds. The van der Waals surface area contributed by atoms with Gasteiger partial charge in [-0.1, -0.05) is 19.1 Å². The van der Waals surface area contributed by atoms with Crippen molar-refractivity contribution in [3.05, 3.63) is 29.3 Å². The highest BCUT2D eigenvalue weighted by molar-refractivity contribution is 8.02. The number of benzene rings is 1. The van der Waals surface area contributed by atoms with E-state index in [-0.39, 0.29) is 48.7 Å². The second-order valence-electron chi connectivity index (χ2n) is 9.22. The molecule has 3 unspecified atom stereocenters. The van der Waals surface area contributed by atoms with E-state index in [1.54, 1.807) is 23.6 Å². The number of amides is 2. The summed E-state index contributed by atoms with van der Waals surface area (Å²) in [6, 6.07) is 5.19. The number of hydrogen-bond acceptors (Lipinski definition) is 6. The van der Waals surface area contributed by atoms with E-state index in [1.165, 1.54) is 0 Å². The second-order valence-corrected chi connectivity index (χ2v) is 10.8. The summed E-state index contributed by atoms with van der Waals surface area (Å²) in [5.41, 5.74) is 2.72. The molecule has 3 heterocycles. The predicted octanol–water partition coefficient (Wildman–Crippen LogP) is 2.52. The molecule has 0 aromatic heterocycles. The van der Waals surface area contributed by atoms with Gasteiger partial charge >= 0.3 is 5.97 Å². The summed E-state index contributed by atoms with van der Waals surface area (Å²) in [4.78, 5) is 41.9. The Labute approximate surface area is 193 Å². The number of aliphatic hydroxyl groups excluding tert-OH is 1. The molecule has 8 heteroatoms. The van der Waals surface area contributed by atoms with Crippen molar-refractivity contribution in [3.63, 3.8) is 0 Å². The summed E-state index contributed by atoms with van der Waals surface area (Å²) >= 11 is 1.63. The molecule has 3 saturated heterocycles. The Morgan fingerprint density at radius 2 is 2.09 bits per heavy atom. The summed E-state index contributed by atoms with van der Waals surface area (Å²) in [6.07, 6.45) is 1.16.